The first kappa shape index (κ1) is 17.8. The summed E-state index contributed by atoms with van der Waals surface area (Å²) in [5.74, 6) is -5.05. The average molecular weight is 356 g/mol. The molecular weight excluding hydrogens is 338 g/mol. The van der Waals surface area contributed by atoms with E-state index < -0.39 is 24.2 Å². The summed E-state index contributed by atoms with van der Waals surface area (Å²) in [6.07, 6.45) is -0.451. The molecule has 1 unspecified atom stereocenters. The highest BCUT2D eigenvalue weighted by Gasteiger charge is 2.61. The molecule has 1 atom stereocenters. The van der Waals surface area contributed by atoms with Gasteiger partial charge in [-0.05, 0) is 12.3 Å². The Morgan fingerprint density at radius 1 is 1.15 bits per heavy atom. The number of ether oxygens (including phenoxy) is 1. The summed E-state index contributed by atoms with van der Waals surface area (Å²) < 4.78 is 32.1. The van der Waals surface area contributed by atoms with Crippen LogP contribution in [0.1, 0.15) is 17.5 Å². The van der Waals surface area contributed by atoms with Gasteiger partial charge in [0.2, 0.25) is 11.8 Å². The third kappa shape index (κ3) is 4.14. The molecule has 0 aromatic heterocycles. The van der Waals surface area contributed by atoms with Gasteiger partial charge < -0.3 is 4.74 Å². The summed E-state index contributed by atoms with van der Waals surface area (Å²) in [7, 11) is 0. The predicted octanol–water partition coefficient (Wildman–Crippen LogP) is 4.00. The number of carbonyl (C=O) groups is 1. The topological polar surface area (TPSA) is 50.7 Å². The molecule has 4 nitrogen and oxygen atoms in total. The Morgan fingerprint density at radius 3 is 2.27 bits per heavy atom. The van der Waals surface area contributed by atoms with Crippen LogP contribution in [0.3, 0.4) is 0 Å². The van der Waals surface area contributed by atoms with E-state index in [9.17, 15) is 13.6 Å². The van der Waals surface area contributed by atoms with E-state index in [0.717, 1.165) is 5.56 Å². The lowest BCUT2D eigenvalue weighted by Crippen LogP contribution is -2.28. The molecule has 1 amide bonds. The second-order valence-corrected chi connectivity index (χ2v) is 5.98. The summed E-state index contributed by atoms with van der Waals surface area (Å²) in [6.45, 7) is 3.68. The number of hydrogen-bond donors (Lipinski definition) is 1. The molecule has 1 aliphatic rings. The molecule has 0 saturated heterocycles. The van der Waals surface area contributed by atoms with E-state index in [1.165, 1.54) is 0 Å². The van der Waals surface area contributed by atoms with Gasteiger partial charge in [-0.15, -0.1) is 0 Å². The molecule has 2 aromatic carbocycles. The van der Waals surface area contributed by atoms with Crippen molar-refractivity contribution in [2.75, 3.05) is 0 Å². The highest BCUT2D eigenvalue weighted by Crippen LogP contribution is 2.48. The van der Waals surface area contributed by atoms with Crippen LogP contribution in [0.25, 0.3) is 5.70 Å². The van der Waals surface area contributed by atoms with Gasteiger partial charge in [0.1, 0.15) is 18.2 Å². The third-order valence-electron chi connectivity index (χ3n) is 4.03. The first-order chi connectivity index (χ1) is 12.5. The number of carbonyl (C=O) groups excluding carboxylic acids is 1. The lowest BCUT2D eigenvalue weighted by molar-refractivity contribution is -0.124. The SMILES string of the molecule is C=N/C(=C(/NC(=O)C1CC1(F)F)OCc1ccccc1)c1ccccc1. The fourth-order valence-corrected chi connectivity index (χ4v) is 2.48. The van der Waals surface area contributed by atoms with Crippen LogP contribution in [-0.2, 0) is 16.1 Å². The number of hydrogen-bond acceptors (Lipinski definition) is 3. The van der Waals surface area contributed by atoms with Crippen molar-refractivity contribution in [1.82, 2.24) is 5.32 Å². The number of aliphatic imine (C=N–C) groups is 1. The zero-order valence-electron chi connectivity index (χ0n) is 14.0. The fourth-order valence-electron chi connectivity index (χ4n) is 2.48. The van der Waals surface area contributed by atoms with Crippen molar-refractivity contribution >= 4 is 18.3 Å². The lowest BCUT2D eigenvalue weighted by atomic mass is 10.1. The molecule has 0 radical (unpaired) electrons. The summed E-state index contributed by atoms with van der Waals surface area (Å²) in [5.41, 5.74) is 1.82. The molecule has 1 N–H and O–H groups in total. The number of amides is 1. The molecular formula is C20H18F2N2O2. The maximum atomic E-state index is 13.2. The van der Waals surface area contributed by atoms with Gasteiger partial charge in [-0.25, -0.2) is 8.78 Å². The Labute approximate surface area is 150 Å². The minimum absolute atomic E-state index is 0.0164. The van der Waals surface area contributed by atoms with Crippen molar-refractivity contribution in [3.8, 4) is 0 Å². The Morgan fingerprint density at radius 2 is 1.73 bits per heavy atom. The van der Waals surface area contributed by atoms with Gasteiger partial charge in [0, 0.05) is 12.0 Å². The fraction of sp³-hybridized carbons (Fsp3) is 0.200. The number of nitrogens with one attached hydrogen (secondary N) is 1. The number of benzene rings is 2. The van der Waals surface area contributed by atoms with Gasteiger partial charge in [-0.3, -0.25) is 15.1 Å². The highest BCUT2D eigenvalue weighted by molar-refractivity contribution is 5.86. The molecule has 0 spiro atoms. The normalized spacial score (nSPS) is 18.5. The number of halogens is 2. The molecule has 134 valence electrons. The zero-order valence-corrected chi connectivity index (χ0v) is 14.0. The predicted molar refractivity (Wildman–Crippen MR) is 95.3 cm³/mol. The van der Waals surface area contributed by atoms with Crippen LogP contribution in [0.2, 0.25) is 0 Å². The molecule has 3 rings (SSSR count). The highest BCUT2D eigenvalue weighted by atomic mass is 19.3. The first-order valence-electron chi connectivity index (χ1n) is 8.13. The monoisotopic (exact) mass is 356 g/mol. The largest absolute Gasteiger partial charge is 0.473 e. The van der Waals surface area contributed by atoms with Gasteiger partial charge in [-0.1, -0.05) is 60.7 Å². The smallest absolute Gasteiger partial charge is 0.260 e. The second-order valence-electron chi connectivity index (χ2n) is 5.98. The summed E-state index contributed by atoms with van der Waals surface area (Å²) >= 11 is 0. The summed E-state index contributed by atoms with van der Waals surface area (Å²) in [5, 5.41) is 2.46. The van der Waals surface area contributed by atoms with Crippen molar-refractivity contribution in [3.05, 3.63) is 77.7 Å². The minimum atomic E-state index is -2.96. The van der Waals surface area contributed by atoms with Gasteiger partial charge in [0.25, 0.3) is 5.92 Å². The third-order valence-corrected chi connectivity index (χ3v) is 4.03. The number of alkyl halides is 2. The van der Waals surface area contributed by atoms with E-state index in [4.69, 9.17) is 4.74 Å². The van der Waals surface area contributed by atoms with E-state index in [0.29, 0.717) is 11.3 Å². The molecule has 1 saturated carbocycles. The van der Waals surface area contributed by atoms with Crippen LogP contribution in [0.5, 0.6) is 0 Å². The van der Waals surface area contributed by atoms with Crippen molar-refractivity contribution in [2.24, 2.45) is 10.9 Å². The van der Waals surface area contributed by atoms with Crippen LogP contribution < -0.4 is 5.32 Å². The molecule has 1 aliphatic carbocycles. The van der Waals surface area contributed by atoms with E-state index in [-0.39, 0.29) is 12.5 Å². The lowest BCUT2D eigenvalue weighted by Gasteiger charge is -2.15. The van der Waals surface area contributed by atoms with E-state index >= 15 is 0 Å². The van der Waals surface area contributed by atoms with Gasteiger partial charge in [0.05, 0.1) is 0 Å². The summed E-state index contributed by atoms with van der Waals surface area (Å²) in [6, 6.07) is 18.3. The Hall–Kier alpha value is -3.02. The molecule has 0 aliphatic heterocycles. The van der Waals surface area contributed by atoms with Gasteiger partial charge in [-0.2, -0.15) is 0 Å². The average Bonchev–Trinajstić information content (AvgIpc) is 3.30. The number of rotatable bonds is 7. The van der Waals surface area contributed by atoms with Crippen molar-refractivity contribution < 1.29 is 18.3 Å². The maximum Gasteiger partial charge on any atom is 0.260 e. The molecule has 2 aromatic rings. The molecule has 0 heterocycles. The van der Waals surface area contributed by atoms with Crippen molar-refractivity contribution in [3.63, 3.8) is 0 Å². The summed E-state index contributed by atoms with van der Waals surface area (Å²) in [4.78, 5) is 16.1. The van der Waals surface area contributed by atoms with Crippen LogP contribution in [0, 0.1) is 5.92 Å². The molecule has 0 bridgehead atoms. The standard InChI is InChI=1S/C20H18F2N2O2/c1-23-17(15-10-6-3-7-11-15)19(24-18(25)16-12-20(16,21)22)26-13-14-8-4-2-5-9-14/h2-11,16H,1,12-13H2,(H,24,25)/b19-17-. The zero-order chi connectivity index (χ0) is 18.6. The van der Waals surface area contributed by atoms with Crippen LogP contribution >= 0.6 is 0 Å². The van der Waals surface area contributed by atoms with Crippen LogP contribution in [0.4, 0.5) is 8.78 Å². The number of nitrogens with zero attached hydrogens (tertiary/aromatic N) is 1. The van der Waals surface area contributed by atoms with Crippen LogP contribution in [-0.4, -0.2) is 18.5 Å². The van der Waals surface area contributed by atoms with E-state index in [1.807, 2.05) is 36.4 Å². The minimum Gasteiger partial charge on any atom is -0.473 e. The van der Waals surface area contributed by atoms with E-state index in [2.05, 4.69) is 17.0 Å². The molecule has 1 fully saturated rings. The van der Waals surface area contributed by atoms with Crippen molar-refractivity contribution in [1.29, 1.82) is 0 Å². The Bertz CT molecular complexity index is 820. The Kier molecular flexibility index (Phi) is 5.11. The quantitative estimate of drug-likeness (QED) is 0.602. The second kappa shape index (κ2) is 7.47. The van der Waals surface area contributed by atoms with Gasteiger partial charge >= 0.3 is 0 Å². The maximum absolute atomic E-state index is 13.2. The molecule has 26 heavy (non-hydrogen) atoms. The van der Waals surface area contributed by atoms with Gasteiger partial charge in [0.15, 0.2) is 0 Å². The van der Waals surface area contributed by atoms with Crippen molar-refractivity contribution in [2.45, 2.75) is 19.0 Å². The van der Waals surface area contributed by atoms with E-state index in [1.54, 1.807) is 24.3 Å². The molecule has 6 heteroatoms. The van der Waals surface area contributed by atoms with Crippen LogP contribution in [0.15, 0.2) is 71.5 Å². The first-order valence-corrected chi connectivity index (χ1v) is 8.13. The Balaban J connectivity index is 1.86.